The van der Waals surface area contributed by atoms with Crippen LogP contribution in [0.3, 0.4) is 0 Å². The lowest BCUT2D eigenvalue weighted by Crippen LogP contribution is -1.95. The van der Waals surface area contributed by atoms with Gasteiger partial charge in [-0.05, 0) is 17.7 Å². The topological polar surface area (TPSA) is 46.5 Å². The van der Waals surface area contributed by atoms with E-state index in [9.17, 15) is 9.90 Å². The Kier molecular flexibility index (Phi) is 3.39. The molecule has 0 aliphatic heterocycles. The van der Waals surface area contributed by atoms with Crippen LogP contribution in [0.1, 0.15) is 5.56 Å². The van der Waals surface area contributed by atoms with Gasteiger partial charge in [0.15, 0.2) is 10.1 Å². The third-order valence-electron chi connectivity index (χ3n) is 3.06. The average Bonchev–Trinajstić information content (AvgIpc) is 2.91. The normalized spacial score (nSPS) is 11.5. The molecule has 4 heteroatoms. The summed E-state index contributed by atoms with van der Waals surface area (Å²) in [5.74, 6) is 0.735. The van der Waals surface area contributed by atoms with Crippen molar-refractivity contribution in [3.63, 3.8) is 0 Å². The Morgan fingerprint density at radius 1 is 1.05 bits per heavy atom. The Balaban J connectivity index is 1.90. The highest BCUT2D eigenvalue weighted by Crippen LogP contribution is 2.37. The van der Waals surface area contributed by atoms with Crippen molar-refractivity contribution < 1.29 is 14.6 Å². The number of ether oxygens (including phenoxy) is 1. The monoisotopic (exact) mass is 285 g/mol. The molecule has 0 fully saturated rings. The number of hydrogen-bond donors (Lipinski definition) is 1. The Hall–Kier alpha value is -2.33. The minimum Gasteiger partial charge on any atom is -0.488 e. The summed E-state index contributed by atoms with van der Waals surface area (Å²) in [5.41, 5.74) is 1.09. The second-order valence-corrected chi connectivity index (χ2v) is 6.09. The van der Waals surface area contributed by atoms with Crippen molar-refractivity contribution in [2.45, 2.75) is 6.61 Å². The van der Waals surface area contributed by atoms with Crippen LogP contribution in [0.25, 0.3) is 10.1 Å². The van der Waals surface area contributed by atoms with Crippen LogP contribution < -0.4 is 4.74 Å². The van der Waals surface area contributed by atoms with E-state index in [1.807, 2.05) is 54.6 Å². The van der Waals surface area contributed by atoms with Gasteiger partial charge < -0.3 is 9.84 Å². The van der Waals surface area contributed by atoms with Gasteiger partial charge in [0.1, 0.15) is 22.8 Å². The van der Waals surface area contributed by atoms with E-state index in [2.05, 4.69) is 0 Å². The first-order valence-corrected chi connectivity index (χ1v) is 7.48. The standard InChI is InChI=1S/C16H12O3S/c17-16(18)20-10-9-13-14(7-4-8-15(13)20)19-11-12-5-2-1-3-6-12/h1-10H,11H2/p+1. The Bertz CT molecular complexity index is 747. The molecule has 0 amide bonds. The number of fused-ring (bicyclic) bond motifs is 1. The molecular weight excluding hydrogens is 272 g/mol. The maximum Gasteiger partial charge on any atom is 0.552 e. The third kappa shape index (κ3) is 2.38. The zero-order valence-corrected chi connectivity index (χ0v) is 11.5. The maximum atomic E-state index is 11.2. The molecule has 1 heterocycles. The summed E-state index contributed by atoms with van der Waals surface area (Å²) in [6, 6.07) is 17.3. The third-order valence-corrected chi connectivity index (χ3v) is 4.67. The molecule has 3 nitrogen and oxygen atoms in total. The highest BCUT2D eigenvalue weighted by molar-refractivity contribution is 7.54. The fraction of sp³-hybridized carbons (Fsp3) is 0.0625. The SMILES string of the molecule is O=C(O)[s+]1ccc2c(OCc3ccccc3)cccc21. The minimum absolute atomic E-state index is 0.478. The minimum atomic E-state index is -0.856. The first-order valence-electron chi connectivity index (χ1n) is 6.19. The highest BCUT2D eigenvalue weighted by atomic mass is 32.2. The predicted octanol–water partition coefficient (Wildman–Crippen LogP) is 4.69. The van der Waals surface area contributed by atoms with E-state index in [-0.39, 0.29) is 0 Å². The molecule has 1 aromatic heterocycles. The quantitative estimate of drug-likeness (QED) is 0.707. The number of carboxylic acid groups (broad SMARTS) is 1. The predicted molar refractivity (Wildman–Crippen MR) is 80.6 cm³/mol. The molecule has 2 aromatic carbocycles. The lowest BCUT2D eigenvalue weighted by Gasteiger charge is -2.06. The van der Waals surface area contributed by atoms with Crippen LogP contribution in [-0.4, -0.2) is 10.4 Å². The lowest BCUT2D eigenvalue weighted by molar-refractivity contribution is 0.221. The second kappa shape index (κ2) is 5.35. The van der Waals surface area contributed by atoms with Crippen LogP contribution >= 0.6 is 10.5 Å². The molecule has 1 atom stereocenters. The van der Waals surface area contributed by atoms with Crippen molar-refractivity contribution >= 4 is 25.9 Å². The zero-order valence-electron chi connectivity index (χ0n) is 10.7. The number of benzene rings is 2. The Morgan fingerprint density at radius 3 is 2.60 bits per heavy atom. The van der Waals surface area contributed by atoms with Crippen molar-refractivity contribution in [3.05, 3.63) is 65.5 Å². The van der Waals surface area contributed by atoms with Crippen LogP contribution in [0.2, 0.25) is 0 Å². The van der Waals surface area contributed by atoms with Crippen molar-refractivity contribution in [3.8, 4) is 5.75 Å². The van der Waals surface area contributed by atoms with Crippen LogP contribution in [0, 0.1) is 0 Å². The number of rotatable bonds is 4. The Morgan fingerprint density at radius 2 is 1.85 bits per heavy atom. The van der Waals surface area contributed by atoms with Gasteiger partial charge in [-0.15, -0.1) is 0 Å². The van der Waals surface area contributed by atoms with E-state index in [1.165, 1.54) is 0 Å². The summed E-state index contributed by atoms with van der Waals surface area (Å²) in [7, 11) is -0.856. The van der Waals surface area contributed by atoms with Gasteiger partial charge in [0, 0.05) is 6.07 Å². The van der Waals surface area contributed by atoms with Crippen molar-refractivity contribution in [2.24, 2.45) is 0 Å². The molecule has 1 unspecified atom stereocenters. The highest BCUT2D eigenvalue weighted by Gasteiger charge is 2.22. The molecule has 3 rings (SSSR count). The molecule has 0 radical (unpaired) electrons. The van der Waals surface area contributed by atoms with E-state index >= 15 is 0 Å². The summed E-state index contributed by atoms with van der Waals surface area (Å²) in [4.78, 5) is 11.2. The van der Waals surface area contributed by atoms with Gasteiger partial charge in [0.2, 0.25) is 0 Å². The van der Waals surface area contributed by atoms with Gasteiger partial charge in [-0.1, -0.05) is 36.4 Å². The van der Waals surface area contributed by atoms with Gasteiger partial charge in [0.05, 0.1) is 5.39 Å². The van der Waals surface area contributed by atoms with Crippen LogP contribution in [0.15, 0.2) is 60.0 Å². The van der Waals surface area contributed by atoms with Gasteiger partial charge in [0.25, 0.3) is 0 Å². The lowest BCUT2D eigenvalue weighted by atomic mass is 10.2. The van der Waals surface area contributed by atoms with E-state index < -0.39 is 15.8 Å². The van der Waals surface area contributed by atoms with Gasteiger partial charge >= 0.3 is 5.30 Å². The molecule has 0 spiro atoms. The molecule has 100 valence electrons. The molecule has 1 N–H and O–H groups in total. The van der Waals surface area contributed by atoms with Crippen LogP contribution in [0.5, 0.6) is 5.75 Å². The maximum absolute atomic E-state index is 11.2. The van der Waals surface area contributed by atoms with Crippen molar-refractivity contribution in [2.75, 3.05) is 0 Å². The molecular formula is C16H13O3S+. The van der Waals surface area contributed by atoms with E-state index in [0.717, 1.165) is 21.4 Å². The molecule has 0 saturated heterocycles. The Labute approximate surface area is 119 Å². The summed E-state index contributed by atoms with van der Waals surface area (Å²) in [6.45, 7) is 0.478. The molecule has 3 aromatic rings. The average molecular weight is 285 g/mol. The van der Waals surface area contributed by atoms with E-state index in [4.69, 9.17) is 4.74 Å². The van der Waals surface area contributed by atoms with Crippen molar-refractivity contribution in [1.82, 2.24) is 0 Å². The summed E-state index contributed by atoms with van der Waals surface area (Å²) in [5, 5.41) is 11.0. The molecule has 0 saturated carbocycles. The first kappa shape index (κ1) is 12.7. The fourth-order valence-corrected chi connectivity index (χ4v) is 3.46. The zero-order chi connectivity index (χ0) is 13.9. The molecule has 0 bridgehead atoms. The van der Waals surface area contributed by atoms with Crippen LogP contribution in [-0.2, 0) is 6.61 Å². The van der Waals surface area contributed by atoms with Gasteiger partial charge in [-0.3, -0.25) is 0 Å². The summed E-state index contributed by atoms with van der Waals surface area (Å²) >= 11 is 0. The second-order valence-electron chi connectivity index (χ2n) is 4.35. The largest absolute Gasteiger partial charge is 0.552 e. The van der Waals surface area contributed by atoms with Gasteiger partial charge in [-0.2, -0.15) is 4.79 Å². The van der Waals surface area contributed by atoms with Gasteiger partial charge in [-0.25, -0.2) is 0 Å². The number of thiophene rings is 1. The van der Waals surface area contributed by atoms with Crippen molar-refractivity contribution in [1.29, 1.82) is 0 Å². The van der Waals surface area contributed by atoms with E-state index in [1.54, 1.807) is 5.38 Å². The van der Waals surface area contributed by atoms with Crippen LogP contribution in [0.4, 0.5) is 4.79 Å². The first-order chi connectivity index (χ1) is 9.75. The number of hydrogen-bond acceptors (Lipinski definition) is 2. The molecule has 0 aliphatic rings. The summed E-state index contributed by atoms with van der Waals surface area (Å²) in [6.07, 6.45) is 0. The molecule has 0 aliphatic carbocycles. The van der Waals surface area contributed by atoms with E-state index in [0.29, 0.717) is 6.61 Å². The summed E-state index contributed by atoms with van der Waals surface area (Å²) < 4.78 is 6.65. The fourth-order valence-electron chi connectivity index (χ4n) is 2.10. The number of carbonyl (C=O) groups is 1. The smallest absolute Gasteiger partial charge is 0.488 e. The molecule has 20 heavy (non-hydrogen) atoms.